The number of ether oxygens (including phenoxy) is 1. The van der Waals surface area contributed by atoms with Gasteiger partial charge < -0.3 is 10.5 Å². The van der Waals surface area contributed by atoms with Crippen LogP contribution in [0.4, 0.5) is 5.82 Å². The molecule has 16 heavy (non-hydrogen) atoms. The van der Waals surface area contributed by atoms with Gasteiger partial charge in [0.15, 0.2) is 0 Å². The zero-order valence-electron chi connectivity index (χ0n) is 9.82. The number of fused-ring (bicyclic) bond motifs is 1. The predicted molar refractivity (Wildman–Crippen MR) is 66.8 cm³/mol. The summed E-state index contributed by atoms with van der Waals surface area (Å²) in [5.74, 6) is 1.76. The Morgan fingerprint density at radius 2 is 2.00 bits per heavy atom. The van der Waals surface area contributed by atoms with Gasteiger partial charge in [0.2, 0.25) is 0 Å². The van der Waals surface area contributed by atoms with Gasteiger partial charge in [0.1, 0.15) is 11.6 Å². The van der Waals surface area contributed by atoms with Crippen LogP contribution >= 0.6 is 0 Å². The van der Waals surface area contributed by atoms with Crippen LogP contribution in [0.3, 0.4) is 0 Å². The van der Waals surface area contributed by atoms with Crippen LogP contribution in [-0.4, -0.2) is 12.1 Å². The Hall–Kier alpha value is -1.77. The van der Waals surface area contributed by atoms with Crippen LogP contribution in [0.2, 0.25) is 0 Å². The van der Waals surface area contributed by atoms with Gasteiger partial charge in [-0.25, -0.2) is 4.98 Å². The highest BCUT2D eigenvalue weighted by atomic mass is 16.5. The average Bonchev–Trinajstić information content (AvgIpc) is 2.27. The summed E-state index contributed by atoms with van der Waals surface area (Å²) >= 11 is 0. The summed E-state index contributed by atoms with van der Waals surface area (Å²) in [6.07, 6.45) is 1.74. The van der Waals surface area contributed by atoms with E-state index in [9.17, 15) is 0 Å². The molecule has 0 saturated carbocycles. The maximum Gasteiger partial charge on any atom is 0.134 e. The molecule has 84 valence electrons. The number of methoxy groups -OCH3 is 1. The van der Waals surface area contributed by atoms with Crippen LogP contribution in [0.1, 0.15) is 25.3 Å². The topological polar surface area (TPSA) is 48.1 Å². The smallest absolute Gasteiger partial charge is 0.134 e. The van der Waals surface area contributed by atoms with Gasteiger partial charge >= 0.3 is 0 Å². The van der Waals surface area contributed by atoms with Crippen molar-refractivity contribution in [2.45, 2.75) is 19.8 Å². The number of nitrogens with two attached hydrogens (primary N) is 1. The Morgan fingerprint density at radius 1 is 1.25 bits per heavy atom. The van der Waals surface area contributed by atoms with E-state index in [4.69, 9.17) is 10.5 Å². The van der Waals surface area contributed by atoms with E-state index in [2.05, 4.69) is 24.9 Å². The van der Waals surface area contributed by atoms with E-state index in [0.29, 0.717) is 11.7 Å². The first kappa shape index (κ1) is 10.7. The van der Waals surface area contributed by atoms with E-state index in [1.54, 1.807) is 13.3 Å². The second-order valence-corrected chi connectivity index (χ2v) is 4.13. The highest BCUT2D eigenvalue weighted by molar-refractivity contribution is 5.98. The molecule has 0 saturated heterocycles. The largest absolute Gasteiger partial charge is 0.496 e. The van der Waals surface area contributed by atoms with Gasteiger partial charge in [0, 0.05) is 6.20 Å². The summed E-state index contributed by atoms with van der Waals surface area (Å²) in [5.41, 5.74) is 7.18. The molecule has 0 amide bonds. The lowest BCUT2D eigenvalue weighted by atomic mass is 9.96. The SMILES string of the molecule is COc1ccc(C(C)C)c2ccnc(N)c12. The molecule has 0 aliphatic rings. The predicted octanol–water partition coefficient (Wildman–Crippen LogP) is 2.95. The van der Waals surface area contributed by atoms with Crippen LogP contribution < -0.4 is 10.5 Å². The lowest BCUT2D eigenvalue weighted by Gasteiger charge is -2.13. The number of anilines is 1. The molecular formula is C13H16N2O. The normalized spacial score (nSPS) is 11.0. The molecule has 0 aliphatic carbocycles. The van der Waals surface area contributed by atoms with Crippen LogP contribution in [0.15, 0.2) is 24.4 Å². The van der Waals surface area contributed by atoms with Gasteiger partial charge in [-0.2, -0.15) is 0 Å². The maximum atomic E-state index is 5.91. The third-order valence-corrected chi connectivity index (χ3v) is 2.79. The molecule has 2 N–H and O–H groups in total. The third kappa shape index (κ3) is 1.58. The second kappa shape index (κ2) is 4.00. The Labute approximate surface area is 95.2 Å². The Morgan fingerprint density at radius 3 is 2.62 bits per heavy atom. The minimum atomic E-state index is 0.454. The zero-order valence-corrected chi connectivity index (χ0v) is 9.82. The Kier molecular flexibility index (Phi) is 2.69. The summed E-state index contributed by atoms with van der Waals surface area (Å²) in [7, 11) is 1.65. The van der Waals surface area contributed by atoms with E-state index >= 15 is 0 Å². The van der Waals surface area contributed by atoms with E-state index < -0.39 is 0 Å². The standard InChI is InChI=1S/C13H16N2O/c1-8(2)9-4-5-11(16-3)12-10(9)6-7-15-13(12)14/h4-8H,1-3H3,(H2,14,15). The molecule has 0 spiro atoms. The van der Waals surface area contributed by atoms with Crippen molar-refractivity contribution >= 4 is 16.6 Å². The van der Waals surface area contributed by atoms with E-state index in [1.165, 1.54) is 5.56 Å². The first-order valence-corrected chi connectivity index (χ1v) is 5.36. The van der Waals surface area contributed by atoms with Crippen LogP contribution in [0.5, 0.6) is 5.75 Å². The molecule has 0 bridgehead atoms. The van der Waals surface area contributed by atoms with Crippen molar-refractivity contribution < 1.29 is 4.74 Å². The van der Waals surface area contributed by atoms with Gasteiger partial charge in [0.25, 0.3) is 0 Å². The van der Waals surface area contributed by atoms with E-state index in [-0.39, 0.29) is 0 Å². The quantitative estimate of drug-likeness (QED) is 0.839. The monoisotopic (exact) mass is 216 g/mol. The van der Waals surface area contributed by atoms with Gasteiger partial charge in [-0.3, -0.25) is 0 Å². The molecule has 0 aliphatic heterocycles. The van der Waals surface area contributed by atoms with E-state index in [0.717, 1.165) is 16.5 Å². The Bertz CT molecular complexity index is 521. The maximum absolute atomic E-state index is 5.91. The molecule has 1 aromatic carbocycles. The molecule has 2 rings (SSSR count). The van der Waals surface area contributed by atoms with Gasteiger partial charge in [-0.15, -0.1) is 0 Å². The molecule has 3 nitrogen and oxygen atoms in total. The number of nitrogens with zero attached hydrogens (tertiary/aromatic N) is 1. The van der Waals surface area contributed by atoms with Crippen LogP contribution in [0, 0.1) is 0 Å². The summed E-state index contributed by atoms with van der Waals surface area (Å²) in [6.45, 7) is 4.33. The zero-order chi connectivity index (χ0) is 11.7. The molecule has 0 atom stereocenters. The van der Waals surface area contributed by atoms with Gasteiger partial charge in [0.05, 0.1) is 12.5 Å². The number of hydrogen-bond donors (Lipinski definition) is 1. The number of benzene rings is 1. The average molecular weight is 216 g/mol. The van der Waals surface area contributed by atoms with Gasteiger partial charge in [-0.05, 0) is 29.0 Å². The molecule has 1 heterocycles. The lowest BCUT2D eigenvalue weighted by Crippen LogP contribution is -1.97. The highest BCUT2D eigenvalue weighted by Crippen LogP contribution is 2.34. The molecule has 0 fully saturated rings. The van der Waals surface area contributed by atoms with Crippen molar-refractivity contribution in [1.82, 2.24) is 4.98 Å². The molecular weight excluding hydrogens is 200 g/mol. The second-order valence-electron chi connectivity index (χ2n) is 4.13. The number of nitrogen functional groups attached to an aromatic ring is 1. The highest BCUT2D eigenvalue weighted by Gasteiger charge is 2.11. The molecule has 1 aromatic heterocycles. The fourth-order valence-electron chi connectivity index (χ4n) is 1.99. The minimum Gasteiger partial charge on any atom is -0.496 e. The summed E-state index contributed by atoms with van der Waals surface area (Å²) in [6, 6.07) is 6.03. The fourth-order valence-corrected chi connectivity index (χ4v) is 1.99. The summed E-state index contributed by atoms with van der Waals surface area (Å²) in [5, 5.41) is 2.04. The lowest BCUT2D eigenvalue weighted by molar-refractivity contribution is 0.419. The number of rotatable bonds is 2. The van der Waals surface area contributed by atoms with Crippen molar-refractivity contribution in [3.05, 3.63) is 30.0 Å². The van der Waals surface area contributed by atoms with Crippen molar-refractivity contribution in [3.63, 3.8) is 0 Å². The Balaban J connectivity index is 2.85. The molecule has 0 unspecified atom stereocenters. The van der Waals surface area contributed by atoms with Crippen LogP contribution in [0.25, 0.3) is 10.8 Å². The molecule has 3 heteroatoms. The van der Waals surface area contributed by atoms with Crippen molar-refractivity contribution in [2.24, 2.45) is 0 Å². The summed E-state index contributed by atoms with van der Waals surface area (Å²) < 4.78 is 5.32. The molecule has 2 aromatic rings. The number of aromatic nitrogens is 1. The first-order chi connectivity index (χ1) is 7.65. The first-order valence-electron chi connectivity index (χ1n) is 5.36. The number of pyridine rings is 1. The van der Waals surface area contributed by atoms with Crippen LogP contribution in [-0.2, 0) is 0 Å². The minimum absolute atomic E-state index is 0.454. The van der Waals surface area contributed by atoms with Crippen molar-refractivity contribution in [2.75, 3.05) is 12.8 Å². The third-order valence-electron chi connectivity index (χ3n) is 2.79. The molecule has 0 radical (unpaired) electrons. The number of hydrogen-bond acceptors (Lipinski definition) is 3. The van der Waals surface area contributed by atoms with Crippen molar-refractivity contribution in [1.29, 1.82) is 0 Å². The summed E-state index contributed by atoms with van der Waals surface area (Å²) in [4.78, 5) is 4.11. The fraction of sp³-hybridized carbons (Fsp3) is 0.308. The van der Waals surface area contributed by atoms with Crippen molar-refractivity contribution in [3.8, 4) is 5.75 Å². The van der Waals surface area contributed by atoms with E-state index in [1.807, 2.05) is 12.1 Å². The van der Waals surface area contributed by atoms with Gasteiger partial charge in [-0.1, -0.05) is 19.9 Å².